The maximum atomic E-state index is 13.5. The van der Waals surface area contributed by atoms with Crippen molar-refractivity contribution in [2.24, 2.45) is 0 Å². The summed E-state index contributed by atoms with van der Waals surface area (Å²) in [7, 11) is 1.61. The summed E-state index contributed by atoms with van der Waals surface area (Å²) in [5.74, 6) is 1.85. The topological polar surface area (TPSA) is 115 Å². The molecule has 0 spiro atoms. The van der Waals surface area contributed by atoms with Gasteiger partial charge in [0.25, 0.3) is 0 Å². The Hall–Kier alpha value is -3.69. The number of carbonyl (C=O) groups excluding carboxylic acids is 2. The minimum atomic E-state index is -0.610. The number of carbonyl (C=O) groups is 2. The van der Waals surface area contributed by atoms with Crippen LogP contribution in [0.2, 0.25) is 0 Å². The van der Waals surface area contributed by atoms with Gasteiger partial charge >= 0.3 is 0 Å². The average molecular weight is 481 g/mol. The Morgan fingerprint density at radius 2 is 1.94 bits per heavy atom. The molecule has 1 aliphatic rings. The van der Waals surface area contributed by atoms with E-state index in [1.54, 1.807) is 18.1 Å². The zero-order valence-electron chi connectivity index (χ0n) is 20.4. The molecule has 1 saturated carbocycles. The fraction of sp³-hybridized carbons (Fsp3) is 0.480. The normalized spacial score (nSPS) is 14.6. The second-order valence-corrected chi connectivity index (χ2v) is 8.84. The highest BCUT2D eigenvalue weighted by Gasteiger charge is 2.31. The van der Waals surface area contributed by atoms with Crippen LogP contribution in [0, 0.1) is 6.92 Å². The second kappa shape index (κ2) is 11.2. The monoisotopic (exact) mass is 480 g/mol. The fourth-order valence-corrected chi connectivity index (χ4v) is 4.39. The molecule has 35 heavy (non-hydrogen) atoms. The number of nitrogens with one attached hydrogen (secondary N) is 1. The molecule has 186 valence electrons. The summed E-state index contributed by atoms with van der Waals surface area (Å²) in [6.07, 6.45) is 4.68. The number of nitrogens with zero attached hydrogens (tertiary/aromatic N) is 5. The first-order valence-electron chi connectivity index (χ1n) is 12.0. The summed E-state index contributed by atoms with van der Waals surface area (Å²) < 4.78 is 10.8. The zero-order chi connectivity index (χ0) is 24.8. The number of hydrogen-bond acceptors (Lipinski definition) is 7. The largest absolute Gasteiger partial charge is 0.497 e. The SMILES string of the molecule is CC[C@@H](C(=O)NC1CCCC1)N(Cc1ccc(OC)cc1)C(=O)Cn1nnc(-c2ccc(C)o2)n1. The van der Waals surface area contributed by atoms with Gasteiger partial charge in [-0.15, -0.1) is 10.2 Å². The third kappa shape index (κ3) is 6.06. The van der Waals surface area contributed by atoms with Crippen LogP contribution in [0.5, 0.6) is 5.75 Å². The van der Waals surface area contributed by atoms with Gasteiger partial charge in [-0.05, 0) is 61.2 Å². The van der Waals surface area contributed by atoms with Crippen molar-refractivity contribution in [1.82, 2.24) is 30.4 Å². The number of rotatable bonds is 10. The molecule has 4 rings (SSSR count). The van der Waals surface area contributed by atoms with Crippen molar-refractivity contribution >= 4 is 11.8 Å². The molecule has 1 N–H and O–H groups in total. The van der Waals surface area contributed by atoms with E-state index in [4.69, 9.17) is 9.15 Å². The molecule has 2 aromatic heterocycles. The maximum absolute atomic E-state index is 13.5. The van der Waals surface area contributed by atoms with Crippen LogP contribution in [0.4, 0.5) is 0 Å². The van der Waals surface area contributed by atoms with Gasteiger partial charge in [0.15, 0.2) is 5.76 Å². The zero-order valence-corrected chi connectivity index (χ0v) is 20.4. The van der Waals surface area contributed by atoms with E-state index in [0.717, 1.165) is 42.8 Å². The first-order chi connectivity index (χ1) is 17.0. The Morgan fingerprint density at radius 1 is 1.20 bits per heavy atom. The summed E-state index contributed by atoms with van der Waals surface area (Å²) in [6.45, 7) is 3.88. The van der Waals surface area contributed by atoms with Crippen molar-refractivity contribution in [3.63, 3.8) is 0 Å². The Morgan fingerprint density at radius 3 is 2.57 bits per heavy atom. The van der Waals surface area contributed by atoms with Gasteiger partial charge in [0.2, 0.25) is 17.6 Å². The fourth-order valence-electron chi connectivity index (χ4n) is 4.39. The summed E-state index contributed by atoms with van der Waals surface area (Å²) in [5, 5.41) is 15.5. The Bertz CT molecular complexity index is 1130. The molecule has 2 heterocycles. The number of methoxy groups -OCH3 is 1. The van der Waals surface area contributed by atoms with E-state index >= 15 is 0 Å². The van der Waals surface area contributed by atoms with Gasteiger partial charge in [-0.3, -0.25) is 9.59 Å². The lowest BCUT2D eigenvalue weighted by atomic mass is 10.1. The van der Waals surface area contributed by atoms with E-state index in [2.05, 4.69) is 20.7 Å². The van der Waals surface area contributed by atoms with E-state index < -0.39 is 6.04 Å². The van der Waals surface area contributed by atoms with Gasteiger partial charge in [0, 0.05) is 12.6 Å². The molecule has 1 fully saturated rings. The first-order valence-corrected chi connectivity index (χ1v) is 12.0. The number of benzene rings is 1. The van der Waals surface area contributed by atoms with Crippen molar-refractivity contribution in [1.29, 1.82) is 0 Å². The van der Waals surface area contributed by atoms with Crippen LogP contribution in [0.25, 0.3) is 11.6 Å². The Kier molecular flexibility index (Phi) is 7.79. The van der Waals surface area contributed by atoms with Crippen molar-refractivity contribution in [2.75, 3.05) is 7.11 Å². The van der Waals surface area contributed by atoms with Crippen LogP contribution in [-0.4, -0.2) is 56.1 Å². The van der Waals surface area contributed by atoms with Gasteiger partial charge < -0.3 is 19.4 Å². The molecule has 0 aliphatic heterocycles. The van der Waals surface area contributed by atoms with E-state index in [1.165, 1.54) is 4.80 Å². The highest BCUT2D eigenvalue weighted by molar-refractivity contribution is 5.87. The van der Waals surface area contributed by atoms with Crippen molar-refractivity contribution < 1.29 is 18.7 Å². The molecular formula is C25H32N6O4. The maximum Gasteiger partial charge on any atom is 0.247 e. The lowest BCUT2D eigenvalue weighted by molar-refractivity contribution is -0.142. The summed E-state index contributed by atoms with van der Waals surface area (Å²) in [6, 6.07) is 10.6. The second-order valence-electron chi connectivity index (χ2n) is 8.84. The number of tetrazole rings is 1. The van der Waals surface area contributed by atoms with E-state index in [1.807, 2.05) is 44.2 Å². The van der Waals surface area contributed by atoms with Crippen molar-refractivity contribution in [2.45, 2.75) is 71.1 Å². The molecule has 1 atom stereocenters. The molecule has 3 aromatic rings. The lowest BCUT2D eigenvalue weighted by Crippen LogP contribution is -2.51. The number of furan rings is 1. The van der Waals surface area contributed by atoms with E-state index in [9.17, 15) is 9.59 Å². The quantitative estimate of drug-likeness (QED) is 0.474. The average Bonchev–Trinajstić information content (AvgIpc) is 3.62. The summed E-state index contributed by atoms with van der Waals surface area (Å²) >= 11 is 0. The highest BCUT2D eigenvalue weighted by Crippen LogP contribution is 2.21. The molecular weight excluding hydrogens is 448 g/mol. The third-order valence-corrected chi connectivity index (χ3v) is 6.29. The van der Waals surface area contributed by atoms with Crippen molar-refractivity contribution in [3.8, 4) is 17.3 Å². The molecule has 0 saturated heterocycles. The summed E-state index contributed by atoms with van der Waals surface area (Å²) in [4.78, 5) is 29.6. The Balaban J connectivity index is 1.53. The standard InChI is InChI=1S/C25H32N6O4/c1-4-21(25(33)26-19-7-5-6-8-19)30(15-18-10-12-20(34-3)13-11-18)23(32)16-31-28-24(27-29-31)22-14-9-17(2)35-22/h9-14,19,21H,4-8,15-16H2,1-3H3,(H,26,33)/t21-/m0/s1. The van der Waals surface area contributed by atoms with Crippen LogP contribution >= 0.6 is 0 Å². The minimum absolute atomic E-state index is 0.125. The van der Waals surface area contributed by atoms with E-state index in [-0.39, 0.29) is 30.9 Å². The van der Waals surface area contributed by atoms with Crippen LogP contribution in [0.15, 0.2) is 40.8 Å². The first kappa shape index (κ1) is 24.4. The highest BCUT2D eigenvalue weighted by atomic mass is 16.5. The van der Waals surface area contributed by atoms with Gasteiger partial charge in [-0.25, -0.2) is 0 Å². The molecule has 0 bridgehead atoms. The van der Waals surface area contributed by atoms with Crippen molar-refractivity contribution in [3.05, 3.63) is 47.7 Å². The van der Waals surface area contributed by atoms with Gasteiger partial charge in [-0.1, -0.05) is 31.9 Å². The Labute approximate surface area is 204 Å². The predicted molar refractivity (Wildman–Crippen MR) is 128 cm³/mol. The molecule has 0 radical (unpaired) electrons. The van der Waals surface area contributed by atoms with Crippen LogP contribution in [0.1, 0.15) is 50.4 Å². The lowest BCUT2D eigenvalue weighted by Gasteiger charge is -2.31. The van der Waals surface area contributed by atoms with Crippen LogP contribution < -0.4 is 10.1 Å². The van der Waals surface area contributed by atoms with E-state index in [0.29, 0.717) is 18.0 Å². The van der Waals surface area contributed by atoms with Crippen LogP contribution in [0.3, 0.4) is 0 Å². The smallest absolute Gasteiger partial charge is 0.247 e. The number of amides is 2. The molecule has 1 aliphatic carbocycles. The predicted octanol–water partition coefficient (Wildman–Crippen LogP) is 3.12. The molecule has 1 aromatic carbocycles. The molecule has 10 nitrogen and oxygen atoms in total. The van der Waals surface area contributed by atoms with Gasteiger partial charge in [0.05, 0.1) is 7.11 Å². The molecule has 10 heteroatoms. The molecule has 0 unspecified atom stereocenters. The molecule has 2 amide bonds. The summed E-state index contributed by atoms with van der Waals surface area (Å²) in [5.41, 5.74) is 0.893. The van der Waals surface area contributed by atoms with Gasteiger partial charge in [0.1, 0.15) is 24.1 Å². The number of hydrogen-bond donors (Lipinski definition) is 1. The van der Waals surface area contributed by atoms with Gasteiger partial charge in [-0.2, -0.15) is 4.80 Å². The number of aromatic nitrogens is 4. The number of aryl methyl sites for hydroxylation is 1. The van der Waals surface area contributed by atoms with Crippen LogP contribution in [-0.2, 0) is 22.7 Å². The third-order valence-electron chi connectivity index (χ3n) is 6.29. The number of ether oxygens (including phenoxy) is 1. The minimum Gasteiger partial charge on any atom is -0.497 e.